The normalized spacial score (nSPS) is 23.2. The van der Waals surface area contributed by atoms with Crippen molar-refractivity contribution in [2.45, 2.75) is 104 Å². The third-order valence-electron chi connectivity index (χ3n) is 9.76. The Morgan fingerprint density at radius 1 is 1.24 bits per heavy atom. The zero-order chi connectivity index (χ0) is 41.1. The number of carbonyl (C=O) groups excluding carboxylic acids is 4. The maximum absolute atomic E-state index is 15.6. The number of nitrogens with one attached hydrogen (secondary N) is 1. The van der Waals surface area contributed by atoms with E-state index in [0.717, 1.165) is 23.5 Å². The summed E-state index contributed by atoms with van der Waals surface area (Å²) in [5, 5.41) is 12.2. The highest BCUT2D eigenvalue weighted by Crippen LogP contribution is 2.56. The zero-order valence-electron chi connectivity index (χ0n) is 32.1. The summed E-state index contributed by atoms with van der Waals surface area (Å²) in [6.45, 7) is 12.7. The Labute approximate surface area is 332 Å². The molecule has 55 heavy (non-hydrogen) atoms. The number of halogens is 5. The summed E-state index contributed by atoms with van der Waals surface area (Å²) in [5.74, 6) is -3.07. The third-order valence-corrected chi connectivity index (χ3v) is 10.8. The van der Waals surface area contributed by atoms with Crippen LogP contribution in [0.25, 0.3) is 0 Å². The summed E-state index contributed by atoms with van der Waals surface area (Å²) < 4.78 is 68.2. The van der Waals surface area contributed by atoms with Gasteiger partial charge >= 0.3 is 12.3 Å². The van der Waals surface area contributed by atoms with E-state index in [1.54, 1.807) is 60.1 Å². The number of likely N-dealkylation sites (tertiary alicyclic amines) is 1. The Morgan fingerprint density at radius 3 is 2.51 bits per heavy atom. The lowest BCUT2D eigenvalue weighted by molar-refractivity contribution is -0.154. The van der Waals surface area contributed by atoms with Crippen LogP contribution in [0.3, 0.4) is 0 Å². The monoisotopic (exact) mass is 885 g/mol. The summed E-state index contributed by atoms with van der Waals surface area (Å²) in [6.07, 6.45) is -1.21. The Hall–Kier alpha value is -4.14. The minimum absolute atomic E-state index is 0.0129. The van der Waals surface area contributed by atoms with Crippen molar-refractivity contribution in [2.24, 2.45) is 5.41 Å². The lowest BCUT2D eigenvalue weighted by Gasteiger charge is -2.42. The van der Waals surface area contributed by atoms with Crippen molar-refractivity contribution in [1.29, 1.82) is 5.26 Å². The molecule has 300 valence electrons. The van der Waals surface area contributed by atoms with Crippen LogP contribution in [0.5, 0.6) is 0 Å². The molecule has 2 fully saturated rings. The van der Waals surface area contributed by atoms with Gasteiger partial charge in [-0.1, -0.05) is 29.5 Å². The number of allylic oxidation sites excluding steroid dienone is 3. The van der Waals surface area contributed by atoms with Crippen LogP contribution in [0.15, 0.2) is 53.5 Å². The first-order valence-electron chi connectivity index (χ1n) is 18.1. The fourth-order valence-corrected chi connectivity index (χ4v) is 7.97. The van der Waals surface area contributed by atoms with E-state index in [-0.39, 0.29) is 75.8 Å². The van der Waals surface area contributed by atoms with Crippen LogP contribution in [-0.2, 0) is 29.5 Å². The minimum atomic E-state index is -4.82. The predicted molar refractivity (Wildman–Crippen MR) is 204 cm³/mol. The summed E-state index contributed by atoms with van der Waals surface area (Å²) in [6, 6.07) is 4.60. The van der Waals surface area contributed by atoms with Crippen LogP contribution in [0.1, 0.15) is 85.3 Å². The SMILES string of the molecule is CCC(=O)NCCN1C(=O)C(CI)(c2cc(C#N)ccc2F)OC(/C=C/C(F)(F)F)=C1/C=C(\C)C(=O)N(C(C)C)[C@H]1CC12CCCN(C(=O)OC(C)(C)C)C2. The maximum atomic E-state index is 15.6. The Bertz CT molecular complexity index is 1820. The number of alkyl halides is 4. The molecule has 16 heteroatoms. The molecule has 1 N–H and O–H groups in total. The van der Waals surface area contributed by atoms with E-state index < -0.39 is 46.9 Å². The fraction of sp³-hybridized carbons (Fsp3) is 0.564. The number of benzene rings is 1. The van der Waals surface area contributed by atoms with Gasteiger partial charge in [0.15, 0.2) is 0 Å². The van der Waals surface area contributed by atoms with Crippen LogP contribution in [0, 0.1) is 22.6 Å². The van der Waals surface area contributed by atoms with Crippen LogP contribution in [0.2, 0.25) is 0 Å². The van der Waals surface area contributed by atoms with Crippen LogP contribution >= 0.6 is 22.6 Å². The minimum Gasteiger partial charge on any atom is -0.469 e. The molecule has 0 radical (unpaired) electrons. The summed E-state index contributed by atoms with van der Waals surface area (Å²) in [5.41, 5.74) is -3.78. The molecule has 0 bridgehead atoms. The van der Waals surface area contributed by atoms with Gasteiger partial charge in [-0.25, -0.2) is 9.18 Å². The molecule has 4 amide bonds. The lowest BCUT2D eigenvalue weighted by Crippen LogP contribution is -2.54. The number of ether oxygens (including phenoxy) is 2. The zero-order valence-corrected chi connectivity index (χ0v) is 34.3. The molecule has 4 rings (SSSR count). The van der Waals surface area contributed by atoms with Crippen molar-refractivity contribution in [2.75, 3.05) is 30.6 Å². The number of rotatable bonds is 11. The molecule has 2 heterocycles. The van der Waals surface area contributed by atoms with E-state index >= 15 is 4.39 Å². The van der Waals surface area contributed by atoms with Gasteiger partial charge in [0.25, 0.3) is 5.91 Å². The lowest BCUT2D eigenvalue weighted by atomic mass is 9.90. The number of hydrogen-bond acceptors (Lipinski definition) is 7. The van der Waals surface area contributed by atoms with Gasteiger partial charge in [-0.3, -0.25) is 14.4 Å². The third kappa shape index (κ3) is 10.0. The van der Waals surface area contributed by atoms with Crippen molar-refractivity contribution >= 4 is 46.4 Å². The average molecular weight is 886 g/mol. The van der Waals surface area contributed by atoms with Gasteiger partial charge in [0.2, 0.25) is 17.4 Å². The van der Waals surface area contributed by atoms with Gasteiger partial charge in [0.1, 0.15) is 17.2 Å². The quantitative estimate of drug-likeness (QED) is 0.109. The number of piperidine rings is 1. The van der Waals surface area contributed by atoms with Gasteiger partial charge < -0.3 is 29.5 Å². The summed E-state index contributed by atoms with van der Waals surface area (Å²) in [7, 11) is 0. The molecule has 3 aliphatic rings. The van der Waals surface area contributed by atoms with Gasteiger partial charge in [-0.2, -0.15) is 18.4 Å². The first-order chi connectivity index (χ1) is 25.6. The van der Waals surface area contributed by atoms with Gasteiger partial charge in [-0.15, -0.1) is 0 Å². The Kier molecular flexibility index (Phi) is 13.4. The molecule has 1 aromatic rings. The van der Waals surface area contributed by atoms with Crippen molar-refractivity contribution in [1.82, 2.24) is 20.0 Å². The molecule has 1 saturated heterocycles. The molecule has 1 aliphatic carbocycles. The highest BCUT2D eigenvalue weighted by molar-refractivity contribution is 14.1. The van der Waals surface area contributed by atoms with Crippen molar-refractivity contribution < 1.29 is 46.2 Å². The van der Waals surface area contributed by atoms with Gasteiger partial charge in [0, 0.05) is 67.3 Å². The summed E-state index contributed by atoms with van der Waals surface area (Å²) in [4.78, 5) is 58.6. The molecule has 11 nitrogen and oxygen atoms in total. The second-order valence-electron chi connectivity index (χ2n) is 15.4. The molecule has 1 aromatic carbocycles. The predicted octanol–water partition coefficient (Wildman–Crippen LogP) is 7.02. The van der Waals surface area contributed by atoms with Crippen LogP contribution in [0.4, 0.5) is 22.4 Å². The molecule has 0 aromatic heterocycles. The Morgan fingerprint density at radius 2 is 1.93 bits per heavy atom. The second kappa shape index (κ2) is 16.9. The second-order valence-corrected chi connectivity index (χ2v) is 16.1. The van der Waals surface area contributed by atoms with Crippen molar-refractivity contribution in [3.63, 3.8) is 0 Å². The van der Waals surface area contributed by atoms with E-state index in [1.807, 2.05) is 19.9 Å². The smallest absolute Gasteiger partial charge is 0.410 e. The molecule has 1 spiro atoms. The number of amides is 4. The molecule has 2 unspecified atom stereocenters. The Balaban J connectivity index is 1.81. The van der Waals surface area contributed by atoms with E-state index in [9.17, 15) is 37.6 Å². The standard InChI is InChI=1S/C39H48F4IN5O6/c1-8-32(50)46-15-17-48-29(30(12-14-39(41,42)43)54-38(22-44,34(48)52)27-19-26(21-45)10-11-28(27)40)18-25(4)33(51)49(24(2)3)31-20-37(31)13-9-16-47(23-37)35(53)55-36(5,6)7/h10-12,14,18-19,24,31H,8-9,13,15-17,20,22-23H2,1-7H3,(H,46,50)/b14-12+,25-18+/t31-,37?,38?/m0/s1. The van der Waals surface area contributed by atoms with Crippen LogP contribution < -0.4 is 5.32 Å². The first-order valence-corrected chi connectivity index (χ1v) is 19.7. The molecule has 3 atom stereocenters. The van der Waals surface area contributed by atoms with E-state index in [1.165, 1.54) is 19.1 Å². The highest BCUT2D eigenvalue weighted by atomic mass is 127. The number of nitrogens with zero attached hydrogens (tertiary/aromatic N) is 4. The van der Waals surface area contributed by atoms with E-state index in [0.29, 0.717) is 32.0 Å². The topological polar surface area (TPSA) is 132 Å². The van der Waals surface area contributed by atoms with Crippen molar-refractivity contribution in [3.8, 4) is 6.07 Å². The largest absolute Gasteiger partial charge is 0.469 e. The van der Waals surface area contributed by atoms with Crippen molar-refractivity contribution in [3.05, 3.63) is 70.4 Å². The first kappa shape index (κ1) is 43.6. The van der Waals surface area contributed by atoms with E-state index in [4.69, 9.17) is 9.47 Å². The molecular formula is C39H48F4IN5O6. The number of nitriles is 1. The average Bonchev–Trinajstić information content (AvgIpc) is 3.78. The molecular weight excluding hydrogens is 837 g/mol. The van der Waals surface area contributed by atoms with Crippen LogP contribution in [-0.4, -0.2) is 93.0 Å². The highest BCUT2D eigenvalue weighted by Gasteiger charge is 2.60. The molecule has 1 saturated carbocycles. The number of carbonyl (C=O) groups is 4. The van der Waals surface area contributed by atoms with Gasteiger partial charge in [-0.05, 0) is 91.2 Å². The number of hydrogen-bond donors (Lipinski definition) is 1. The molecule has 2 aliphatic heterocycles. The maximum Gasteiger partial charge on any atom is 0.410 e. The fourth-order valence-electron chi connectivity index (χ4n) is 7.07. The summed E-state index contributed by atoms with van der Waals surface area (Å²) >= 11 is 1.77. The van der Waals surface area contributed by atoms with Gasteiger partial charge in [0.05, 0.1) is 21.8 Å². The van der Waals surface area contributed by atoms with E-state index in [2.05, 4.69) is 5.32 Å².